The molecule has 3 aromatic rings. The van der Waals surface area contributed by atoms with Crippen LogP contribution in [0.5, 0.6) is 0 Å². The second-order valence-corrected chi connectivity index (χ2v) is 5.04. The second-order valence-electron chi connectivity index (χ2n) is 4.09. The topological polar surface area (TPSA) is 63.3 Å². The first-order chi connectivity index (χ1) is 9.25. The maximum absolute atomic E-state index is 9.75. The van der Waals surface area contributed by atoms with Crippen LogP contribution in [0.15, 0.2) is 52.9 Å². The minimum atomic E-state index is -0.560. The Balaban J connectivity index is 2.02. The minimum absolute atomic E-state index is 0.560. The van der Waals surface area contributed by atoms with Crippen molar-refractivity contribution >= 4 is 17.4 Å². The fourth-order valence-corrected chi connectivity index (χ4v) is 2.76. The zero-order valence-corrected chi connectivity index (χ0v) is 11.1. The van der Waals surface area contributed by atoms with Gasteiger partial charge in [-0.15, -0.1) is 10.2 Å². The number of aromatic nitrogens is 4. The molecule has 3 aromatic heterocycles. The third-order valence-electron chi connectivity index (χ3n) is 2.72. The van der Waals surface area contributed by atoms with E-state index >= 15 is 0 Å². The van der Waals surface area contributed by atoms with E-state index in [0.717, 1.165) is 21.4 Å². The number of fused-ring (bicyclic) bond motifs is 1. The van der Waals surface area contributed by atoms with E-state index in [0.29, 0.717) is 0 Å². The van der Waals surface area contributed by atoms with Gasteiger partial charge in [0.15, 0.2) is 5.65 Å². The highest BCUT2D eigenvalue weighted by atomic mass is 32.2. The monoisotopic (exact) mass is 272 g/mol. The Hall–Kier alpha value is -1.92. The molecule has 0 spiro atoms. The molecule has 19 heavy (non-hydrogen) atoms. The molecule has 0 bridgehead atoms. The van der Waals surface area contributed by atoms with Crippen molar-refractivity contribution in [2.75, 3.05) is 0 Å². The minimum Gasteiger partial charge on any atom is -0.389 e. The largest absolute Gasteiger partial charge is 0.389 e. The lowest BCUT2D eigenvalue weighted by atomic mass is 10.2. The molecule has 5 nitrogen and oxygen atoms in total. The summed E-state index contributed by atoms with van der Waals surface area (Å²) in [5, 5.41) is 19.5. The third kappa shape index (κ3) is 2.32. The Morgan fingerprint density at radius 1 is 1.21 bits per heavy atom. The van der Waals surface area contributed by atoms with Gasteiger partial charge in [-0.1, -0.05) is 12.1 Å². The average molecular weight is 272 g/mol. The molecule has 0 saturated carbocycles. The van der Waals surface area contributed by atoms with E-state index in [1.807, 2.05) is 40.9 Å². The zero-order chi connectivity index (χ0) is 13.2. The van der Waals surface area contributed by atoms with E-state index in [2.05, 4.69) is 15.2 Å². The molecule has 0 fully saturated rings. The smallest absolute Gasteiger partial charge is 0.201 e. The summed E-state index contributed by atoms with van der Waals surface area (Å²) in [6.45, 7) is 1.73. The van der Waals surface area contributed by atoms with Gasteiger partial charge in [0.05, 0.1) is 6.10 Å². The van der Waals surface area contributed by atoms with Crippen LogP contribution in [0.1, 0.15) is 18.6 Å². The van der Waals surface area contributed by atoms with Crippen LogP contribution in [0, 0.1) is 0 Å². The molecule has 0 aliphatic carbocycles. The summed E-state index contributed by atoms with van der Waals surface area (Å²) in [7, 11) is 0. The molecule has 0 saturated heterocycles. The van der Waals surface area contributed by atoms with Crippen LogP contribution in [0.2, 0.25) is 0 Å². The Labute approximate surface area is 114 Å². The van der Waals surface area contributed by atoms with Crippen LogP contribution < -0.4 is 0 Å². The maximum Gasteiger partial charge on any atom is 0.201 e. The molecule has 3 rings (SSSR count). The lowest BCUT2D eigenvalue weighted by Crippen LogP contribution is -1.97. The van der Waals surface area contributed by atoms with Gasteiger partial charge in [-0.25, -0.2) is 4.98 Å². The quantitative estimate of drug-likeness (QED) is 0.792. The number of aliphatic hydroxyl groups is 1. The highest BCUT2D eigenvalue weighted by Crippen LogP contribution is 2.30. The van der Waals surface area contributed by atoms with Gasteiger partial charge in [-0.2, -0.15) is 0 Å². The van der Waals surface area contributed by atoms with Crippen LogP contribution >= 0.6 is 11.8 Å². The molecule has 1 atom stereocenters. The summed E-state index contributed by atoms with van der Waals surface area (Å²) in [4.78, 5) is 4.30. The highest BCUT2D eigenvalue weighted by Gasteiger charge is 2.13. The Morgan fingerprint density at radius 2 is 2.11 bits per heavy atom. The zero-order valence-electron chi connectivity index (χ0n) is 10.3. The fraction of sp³-hybridized carbons (Fsp3) is 0.154. The van der Waals surface area contributed by atoms with Crippen LogP contribution in [0.4, 0.5) is 0 Å². The van der Waals surface area contributed by atoms with Crippen molar-refractivity contribution < 1.29 is 5.11 Å². The van der Waals surface area contributed by atoms with Crippen LogP contribution in [-0.4, -0.2) is 24.7 Å². The molecule has 0 aliphatic rings. The normalized spacial score (nSPS) is 12.7. The fourth-order valence-electron chi connectivity index (χ4n) is 1.78. The van der Waals surface area contributed by atoms with Gasteiger partial charge in [-0.3, -0.25) is 4.40 Å². The summed E-state index contributed by atoms with van der Waals surface area (Å²) in [6, 6.07) is 9.41. The van der Waals surface area contributed by atoms with E-state index in [-0.39, 0.29) is 0 Å². The standard InChI is InChI=1S/C13H12N4OS/c1-9(18)10-5-4-7-14-12(10)19-13-16-15-11-6-2-3-8-17(11)13/h2-9,18H,1H3/t9-/m1/s1. The van der Waals surface area contributed by atoms with Gasteiger partial charge in [0.1, 0.15) is 5.03 Å². The predicted molar refractivity (Wildman–Crippen MR) is 72.0 cm³/mol. The van der Waals surface area contributed by atoms with Gasteiger partial charge >= 0.3 is 0 Å². The molecular weight excluding hydrogens is 260 g/mol. The molecule has 0 aliphatic heterocycles. The number of aliphatic hydroxyl groups excluding tert-OH is 1. The van der Waals surface area contributed by atoms with E-state index in [9.17, 15) is 5.11 Å². The molecular formula is C13H12N4OS. The van der Waals surface area contributed by atoms with Gasteiger partial charge in [0, 0.05) is 18.0 Å². The number of nitrogens with zero attached hydrogens (tertiary/aromatic N) is 4. The van der Waals surface area contributed by atoms with Crippen molar-refractivity contribution in [3.63, 3.8) is 0 Å². The molecule has 96 valence electrons. The Bertz CT molecular complexity index is 710. The highest BCUT2D eigenvalue weighted by molar-refractivity contribution is 7.99. The van der Waals surface area contributed by atoms with Crippen molar-refractivity contribution in [2.45, 2.75) is 23.2 Å². The Morgan fingerprint density at radius 3 is 2.95 bits per heavy atom. The molecule has 1 N–H and O–H groups in total. The lowest BCUT2D eigenvalue weighted by molar-refractivity contribution is 0.195. The van der Waals surface area contributed by atoms with Gasteiger partial charge < -0.3 is 5.11 Å². The molecule has 6 heteroatoms. The number of rotatable bonds is 3. The predicted octanol–water partition coefficient (Wildman–Crippen LogP) is 2.33. The van der Waals surface area contributed by atoms with Crippen molar-refractivity contribution in [3.8, 4) is 0 Å². The van der Waals surface area contributed by atoms with Crippen molar-refractivity contribution in [1.29, 1.82) is 0 Å². The molecule has 3 heterocycles. The second kappa shape index (κ2) is 4.99. The van der Waals surface area contributed by atoms with Gasteiger partial charge in [0.2, 0.25) is 5.16 Å². The molecule has 0 radical (unpaired) electrons. The first kappa shape index (κ1) is 12.1. The van der Waals surface area contributed by atoms with Crippen molar-refractivity contribution in [3.05, 3.63) is 48.3 Å². The van der Waals surface area contributed by atoms with Gasteiger partial charge in [0.25, 0.3) is 0 Å². The van der Waals surface area contributed by atoms with Crippen LogP contribution in [-0.2, 0) is 0 Å². The van der Waals surface area contributed by atoms with E-state index in [4.69, 9.17) is 0 Å². The molecule has 0 aromatic carbocycles. The lowest BCUT2D eigenvalue weighted by Gasteiger charge is -2.08. The first-order valence-corrected chi connectivity index (χ1v) is 6.68. The summed E-state index contributed by atoms with van der Waals surface area (Å²) < 4.78 is 1.89. The third-order valence-corrected chi connectivity index (χ3v) is 3.72. The maximum atomic E-state index is 9.75. The van der Waals surface area contributed by atoms with Crippen LogP contribution in [0.25, 0.3) is 5.65 Å². The number of pyridine rings is 2. The SMILES string of the molecule is C[C@@H](O)c1cccnc1Sc1nnc2ccccn12. The van der Waals surface area contributed by atoms with E-state index < -0.39 is 6.10 Å². The Kier molecular flexibility index (Phi) is 3.18. The molecule has 0 unspecified atom stereocenters. The summed E-state index contributed by atoms with van der Waals surface area (Å²) in [5.41, 5.74) is 1.58. The number of hydrogen-bond donors (Lipinski definition) is 1. The molecule has 0 amide bonds. The summed E-state index contributed by atoms with van der Waals surface area (Å²) in [6.07, 6.45) is 3.05. The van der Waals surface area contributed by atoms with Crippen molar-refractivity contribution in [2.24, 2.45) is 0 Å². The number of hydrogen-bond acceptors (Lipinski definition) is 5. The van der Waals surface area contributed by atoms with E-state index in [1.165, 1.54) is 11.8 Å². The van der Waals surface area contributed by atoms with Crippen molar-refractivity contribution in [1.82, 2.24) is 19.6 Å². The van der Waals surface area contributed by atoms with E-state index in [1.54, 1.807) is 13.1 Å². The summed E-state index contributed by atoms with van der Waals surface area (Å²) >= 11 is 1.40. The summed E-state index contributed by atoms with van der Waals surface area (Å²) in [5.74, 6) is 0. The first-order valence-electron chi connectivity index (χ1n) is 5.86. The average Bonchev–Trinajstić information content (AvgIpc) is 2.83. The van der Waals surface area contributed by atoms with Crippen LogP contribution in [0.3, 0.4) is 0 Å². The van der Waals surface area contributed by atoms with Gasteiger partial charge in [-0.05, 0) is 36.9 Å².